The Hall–Kier alpha value is -2.56. The highest BCUT2D eigenvalue weighted by molar-refractivity contribution is 5.80. The van der Waals surface area contributed by atoms with E-state index in [4.69, 9.17) is 25.3 Å². The molecule has 10 nitrogen and oxygen atoms in total. The van der Waals surface area contributed by atoms with E-state index in [9.17, 15) is 14.9 Å². The third kappa shape index (κ3) is 13.1. The van der Waals surface area contributed by atoms with Gasteiger partial charge in [-0.05, 0) is 113 Å². The molecule has 0 aromatic carbocycles. The summed E-state index contributed by atoms with van der Waals surface area (Å²) in [4.78, 5) is 26.4. The van der Waals surface area contributed by atoms with E-state index in [0.717, 1.165) is 32.1 Å². The lowest BCUT2D eigenvalue weighted by molar-refractivity contribution is -0.159. The molecule has 5 atom stereocenters. The molecule has 0 spiro atoms. The van der Waals surface area contributed by atoms with E-state index in [2.05, 4.69) is 66.8 Å². The molecule has 10 heteroatoms. The van der Waals surface area contributed by atoms with Crippen LogP contribution in [0, 0.1) is 55.8 Å². The first-order valence-corrected chi connectivity index (χ1v) is 17.3. The Labute approximate surface area is 285 Å². The number of carbonyl (C=O) groups is 2. The van der Waals surface area contributed by atoms with Crippen molar-refractivity contribution in [3.63, 3.8) is 0 Å². The van der Waals surface area contributed by atoms with Crippen LogP contribution in [0.3, 0.4) is 0 Å². The largest absolute Gasteiger partial charge is 0.444 e. The third-order valence-corrected chi connectivity index (χ3v) is 9.77. The Morgan fingerprint density at radius 2 is 1.45 bits per heavy atom. The van der Waals surface area contributed by atoms with Crippen LogP contribution in [0.2, 0.25) is 0 Å². The molecule has 3 N–H and O–H groups in total. The van der Waals surface area contributed by atoms with Gasteiger partial charge in [0.05, 0.1) is 11.7 Å². The molecule has 0 saturated heterocycles. The van der Waals surface area contributed by atoms with Gasteiger partial charge in [-0.3, -0.25) is 9.80 Å². The van der Waals surface area contributed by atoms with Crippen molar-refractivity contribution in [2.75, 3.05) is 13.1 Å². The average molecular weight is 660 g/mol. The summed E-state index contributed by atoms with van der Waals surface area (Å²) < 4.78 is 17.6. The summed E-state index contributed by atoms with van der Waals surface area (Å²) in [6, 6.07) is 2.44. The molecule has 2 fully saturated rings. The van der Waals surface area contributed by atoms with Crippen molar-refractivity contribution >= 4 is 12.0 Å². The summed E-state index contributed by atoms with van der Waals surface area (Å²) in [5, 5.41) is 22.9. The molecule has 0 aromatic rings. The van der Waals surface area contributed by atoms with E-state index in [0.29, 0.717) is 32.4 Å². The number of carbonyl (C=O) groups excluding carboxylic acids is 2. The molecule has 2 aliphatic rings. The van der Waals surface area contributed by atoms with E-state index in [1.165, 1.54) is 5.01 Å². The van der Waals surface area contributed by atoms with Crippen LogP contribution in [0.4, 0.5) is 4.79 Å². The van der Waals surface area contributed by atoms with Gasteiger partial charge in [-0.25, -0.2) is 10.6 Å². The van der Waals surface area contributed by atoms with Crippen LogP contribution in [0.5, 0.6) is 0 Å². The number of hydrogen-bond donors (Lipinski definition) is 2. The molecule has 2 rings (SSSR count). The lowest BCUT2D eigenvalue weighted by atomic mass is 9.61. The highest BCUT2D eigenvalue weighted by Gasteiger charge is 2.45. The summed E-state index contributed by atoms with van der Waals surface area (Å²) in [6.45, 7) is 27.4. The van der Waals surface area contributed by atoms with Crippen molar-refractivity contribution < 1.29 is 23.8 Å². The van der Waals surface area contributed by atoms with E-state index in [1.807, 2.05) is 34.0 Å². The van der Waals surface area contributed by atoms with Gasteiger partial charge in [-0.1, -0.05) is 55.4 Å². The molecule has 0 aromatic heterocycles. The lowest BCUT2D eigenvalue weighted by Crippen LogP contribution is -2.53. The smallest absolute Gasteiger partial charge is 0.407 e. The number of ether oxygens (including phenoxy) is 3. The fourth-order valence-electron chi connectivity index (χ4n) is 9.95. The number of nitriles is 2. The zero-order valence-corrected chi connectivity index (χ0v) is 31.8. The maximum absolute atomic E-state index is 13.4. The first-order chi connectivity index (χ1) is 21.1. The molecule has 2 aliphatic carbocycles. The summed E-state index contributed by atoms with van der Waals surface area (Å²) in [5.74, 6) is 6.05. The fraction of sp³-hybridized carbons (Fsp3) is 0.892. The van der Waals surface area contributed by atoms with Crippen molar-refractivity contribution in [2.24, 2.45) is 38.8 Å². The van der Waals surface area contributed by atoms with Gasteiger partial charge in [0.25, 0.3) is 12.2 Å². The Bertz CT molecular complexity index is 1200. The monoisotopic (exact) mass is 659 g/mol. The van der Waals surface area contributed by atoms with Crippen molar-refractivity contribution in [1.82, 2.24) is 10.3 Å². The Kier molecular flexibility index (Phi) is 12.5. The average Bonchev–Trinajstić information content (AvgIpc) is 2.82. The zero-order chi connectivity index (χ0) is 36.3. The van der Waals surface area contributed by atoms with E-state index >= 15 is 0 Å². The van der Waals surface area contributed by atoms with Crippen LogP contribution < -0.4 is 11.2 Å². The SMILES string of the molecule is CC(OC(C)(C)CC(C)(C)CC(C)(C)OC(=O)NCC1(C)CC(C#N)CC(C)(C)C1)C(=O)N(N)CC1(C)CC(OC#N)CC(C)(C)C1. The molecule has 268 valence electrons. The number of nitrogens with two attached hydrogens (primary N) is 1. The van der Waals surface area contributed by atoms with Crippen molar-refractivity contribution in [2.45, 2.75) is 165 Å². The predicted octanol–water partition coefficient (Wildman–Crippen LogP) is 7.62. The molecule has 5 unspecified atom stereocenters. The standard InChI is InChI=1S/C37H65N5O5/c1-26(29(43)42(40)24-37(13)17-28(45-25-39)16-32(4,5)22-37)46-34(8,9)19-33(6,7)20-35(10,11)47-30(44)41-23-36(12)15-27(18-38)14-31(2,3)21-36/h26-28H,14-17,19-24,40H2,1-13H3,(H,41,44). The molecular weight excluding hydrogens is 594 g/mol. The molecule has 2 saturated carbocycles. The van der Waals surface area contributed by atoms with Crippen molar-refractivity contribution in [1.29, 1.82) is 10.5 Å². The minimum atomic E-state index is -0.765. The number of rotatable bonds is 13. The maximum atomic E-state index is 13.4. The second kappa shape index (κ2) is 14.5. The van der Waals surface area contributed by atoms with Crippen LogP contribution >= 0.6 is 0 Å². The van der Waals surface area contributed by atoms with Crippen LogP contribution in [-0.2, 0) is 19.0 Å². The molecule has 0 bridgehead atoms. The van der Waals surface area contributed by atoms with Gasteiger partial charge in [-0.15, -0.1) is 0 Å². The first kappa shape index (κ1) is 40.6. The highest BCUT2D eigenvalue weighted by atomic mass is 16.6. The minimum absolute atomic E-state index is 0.0130. The Morgan fingerprint density at radius 1 is 0.894 bits per heavy atom. The molecule has 0 radical (unpaired) electrons. The third-order valence-electron chi connectivity index (χ3n) is 9.77. The predicted molar refractivity (Wildman–Crippen MR) is 183 cm³/mol. The summed E-state index contributed by atoms with van der Waals surface area (Å²) in [6.07, 6.45) is 6.46. The van der Waals surface area contributed by atoms with Crippen LogP contribution in [0.15, 0.2) is 0 Å². The molecule has 2 amide bonds. The van der Waals surface area contributed by atoms with Gasteiger partial charge in [-0.2, -0.15) is 10.5 Å². The Balaban J connectivity index is 1.94. The molecule has 0 aliphatic heterocycles. The number of hydrazine groups is 1. The Morgan fingerprint density at radius 3 is 2.02 bits per heavy atom. The van der Waals surface area contributed by atoms with Gasteiger partial charge in [0.1, 0.15) is 17.8 Å². The second-order valence-electron chi connectivity index (χ2n) is 19.3. The number of amides is 2. The lowest BCUT2D eigenvalue weighted by Gasteiger charge is -2.47. The summed E-state index contributed by atoms with van der Waals surface area (Å²) >= 11 is 0. The quantitative estimate of drug-likeness (QED) is 0.0887. The van der Waals surface area contributed by atoms with Crippen LogP contribution in [-0.4, -0.2) is 53.5 Å². The summed E-state index contributed by atoms with van der Waals surface area (Å²) in [5.41, 5.74) is -2.18. The number of nitrogens with zero attached hydrogens (tertiary/aromatic N) is 3. The van der Waals surface area contributed by atoms with Crippen LogP contribution in [0.25, 0.3) is 0 Å². The molecular formula is C37H65N5O5. The van der Waals surface area contributed by atoms with Gasteiger partial charge in [0.15, 0.2) is 0 Å². The molecule has 0 heterocycles. The van der Waals surface area contributed by atoms with Crippen molar-refractivity contribution in [3.05, 3.63) is 0 Å². The number of alkyl carbamates (subject to hydrolysis) is 1. The van der Waals surface area contributed by atoms with Gasteiger partial charge >= 0.3 is 6.09 Å². The van der Waals surface area contributed by atoms with Gasteiger partial charge in [0, 0.05) is 19.0 Å². The topological polar surface area (TPSA) is 151 Å². The highest BCUT2D eigenvalue weighted by Crippen LogP contribution is 2.49. The van der Waals surface area contributed by atoms with Crippen molar-refractivity contribution in [3.8, 4) is 12.3 Å². The summed E-state index contributed by atoms with van der Waals surface area (Å²) in [7, 11) is 0. The normalized spacial score (nSPS) is 28.3. The van der Waals surface area contributed by atoms with Crippen LogP contribution in [0.1, 0.15) is 141 Å². The minimum Gasteiger partial charge on any atom is -0.444 e. The zero-order valence-electron chi connectivity index (χ0n) is 31.8. The van der Waals surface area contributed by atoms with Gasteiger partial charge < -0.3 is 19.5 Å². The van der Waals surface area contributed by atoms with Gasteiger partial charge in [0.2, 0.25) is 0 Å². The second-order valence-corrected chi connectivity index (χ2v) is 19.3. The fourth-order valence-corrected chi connectivity index (χ4v) is 9.95. The first-order valence-electron chi connectivity index (χ1n) is 17.3. The number of hydrogen-bond acceptors (Lipinski definition) is 8. The molecule has 47 heavy (non-hydrogen) atoms. The van der Waals surface area contributed by atoms with E-state index in [1.54, 1.807) is 6.92 Å². The van der Waals surface area contributed by atoms with E-state index in [-0.39, 0.29) is 45.0 Å². The van der Waals surface area contributed by atoms with E-state index < -0.39 is 23.4 Å². The number of nitrogens with one attached hydrogen (secondary N) is 1. The maximum Gasteiger partial charge on any atom is 0.407 e.